The van der Waals surface area contributed by atoms with Gasteiger partial charge in [0, 0.05) is 19.1 Å². The van der Waals surface area contributed by atoms with E-state index in [1.165, 1.54) is 19.3 Å². The van der Waals surface area contributed by atoms with Gasteiger partial charge in [-0.05, 0) is 32.2 Å². The van der Waals surface area contributed by atoms with Crippen molar-refractivity contribution in [2.24, 2.45) is 0 Å². The fourth-order valence-corrected chi connectivity index (χ4v) is 2.68. The lowest BCUT2D eigenvalue weighted by Gasteiger charge is -2.21. The molecule has 2 saturated heterocycles. The molecule has 1 N–H and O–H groups in total. The molecular formula is C13H20N2O2. The molecule has 3 rings (SSSR count). The van der Waals surface area contributed by atoms with E-state index in [4.69, 9.17) is 9.15 Å². The van der Waals surface area contributed by atoms with E-state index in [-0.39, 0.29) is 6.10 Å². The van der Waals surface area contributed by atoms with Crippen LogP contribution in [0.1, 0.15) is 49.9 Å². The van der Waals surface area contributed by atoms with Gasteiger partial charge in [0.05, 0.1) is 6.20 Å². The molecule has 0 bridgehead atoms. The van der Waals surface area contributed by atoms with Gasteiger partial charge < -0.3 is 14.5 Å². The topological polar surface area (TPSA) is 47.3 Å². The van der Waals surface area contributed by atoms with Gasteiger partial charge in [-0.1, -0.05) is 6.42 Å². The maximum atomic E-state index is 5.79. The zero-order chi connectivity index (χ0) is 11.5. The third kappa shape index (κ3) is 2.69. The Labute approximate surface area is 102 Å². The molecule has 17 heavy (non-hydrogen) atoms. The number of rotatable bonds is 3. The van der Waals surface area contributed by atoms with Crippen molar-refractivity contribution in [1.29, 1.82) is 0 Å². The molecule has 0 amide bonds. The van der Waals surface area contributed by atoms with Gasteiger partial charge in [-0.25, -0.2) is 4.98 Å². The van der Waals surface area contributed by atoms with Crippen molar-refractivity contribution >= 4 is 0 Å². The van der Waals surface area contributed by atoms with Crippen LogP contribution >= 0.6 is 0 Å². The number of aromatic nitrogens is 1. The van der Waals surface area contributed by atoms with Crippen LogP contribution in [0.15, 0.2) is 10.6 Å². The van der Waals surface area contributed by atoms with E-state index < -0.39 is 0 Å². The number of nitrogens with one attached hydrogen (secondary N) is 1. The molecule has 0 saturated carbocycles. The maximum Gasteiger partial charge on any atom is 0.196 e. The summed E-state index contributed by atoms with van der Waals surface area (Å²) in [6, 6.07) is 0.541. The summed E-state index contributed by atoms with van der Waals surface area (Å²) >= 11 is 0. The molecule has 4 heteroatoms. The first-order valence-electron chi connectivity index (χ1n) is 6.71. The zero-order valence-corrected chi connectivity index (χ0v) is 10.2. The number of nitrogens with zero attached hydrogens (tertiary/aromatic N) is 1. The lowest BCUT2D eigenvalue weighted by atomic mass is 10.0. The Morgan fingerprint density at radius 2 is 2.29 bits per heavy atom. The van der Waals surface area contributed by atoms with Crippen LogP contribution in [-0.4, -0.2) is 24.2 Å². The molecule has 1 aromatic rings. The summed E-state index contributed by atoms with van der Waals surface area (Å²) in [5.74, 6) is 1.77. The van der Waals surface area contributed by atoms with E-state index >= 15 is 0 Å². The summed E-state index contributed by atoms with van der Waals surface area (Å²) in [5, 5.41) is 3.52. The minimum absolute atomic E-state index is 0.149. The molecule has 2 fully saturated rings. The third-order valence-electron chi connectivity index (χ3n) is 3.65. The zero-order valence-electron chi connectivity index (χ0n) is 10.2. The van der Waals surface area contributed by atoms with Crippen LogP contribution in [0.5, 0.6) is 0 Å². The first-order chi connectivity index (χ1) is 8.42. The summed E-state index contributed by atoms with van der Waals surface area (Å²) in [6.45, 7) is 1.98. The number of piperidine rings is 1. The largest absolute Gasteiger partial charge is 0.443 e. The Morgan fingerprint density at radius 1 is 1.29 bits per heavy atom. The Balaban J connectivity index is 1.59. The summed E-state index contributed by atoms with van der Waals surface area (Å²) in [6.07, 6.45) is 8.94. The lowest BCUT2D eigenvalue weighted by Crippen LogP contribution is -2.35. The van der Waals surface area contributed by atoms with Crippen LogP contribution in [0, 0.1) is 0 Å². The van der Waals surface area contributed by atoms with Crippen molar-refractivity contribution in [3.8, 4) is 0 Å². The molecule has 0 aliphatic carbocycles. The second-order valence-corrected chi connectivity index (χ2v) is 5.01. The minimum Gasteiger partial charge on any atom is -0.443 e. The van der Waals surface area contributed by atoms with E-state index in [0.29, 0.717) is 6.04 Å². The smallest absolute Gasteiger partial charge is 0.196 e. The molecule has 2 atom stereocenters. The molecule has 2 aliphatic heterocycles. The number of hydrogen-bond donors (Lipinski definition) is 1. The lowest BCUT2D eigenvalue weighted by molar-refractivity contribution is 0.0922. The minimum atomic E-state index is 0.149. The highest BCUT2D eigenvalue weighted by Gasteiger charge is 2.23. The summed E-state index contributed by atoms with van der Waals surface area (Å²) in [7, 11) is 0. The molecule has 2 aliphatic rings. The Kier molecular flexibility index (Phi) is 3.43. The monoisotopic (exact) mass is 236 g/mol. The second kappa shape index (κ2) is 5.19. The molecule has 3 heterocycles. The van der Waals surface area contributed by atoms with Crippen LogP contribution in [0.4, 0.5) is 0 Å². The summed E-state index contributed by atoms with van der Waals surface area (Å²) < 4.78 is 11.4. The van der Waals surface area contributed by atoms with Gasteiger partial charge in [0.1, 0.15) is 6.10 Å². The standard InChI is InChI=1S/C13H20N2O2/c1-2-6-14-10(4-1)8-13-15-9-12(17-13)11-5-3-7-16-11/h9-11,14H,1-8H2. The molecule has 94 valence electrons. The predicted octanol–water partition coefficient (Wildman–Crippen LogP) is 2.21. The van der Waals surface area contributed by atoms with E-state index in [1.807, 2.05) is 6.20 Å². The normalized spacial score (nSPS) is 29.6. The highest BCUT2D eigenvalue weighted by atomic mass is 16.5. The van der Waals surface area contributed by atoms with Crippen molar-refractivity contribution in [2.75, 3.05) is 13.2 Å². The predicted molar refractivity (Wildman–Crippen MR) is 63.8 cm³/mol. The van der Waals surface area contributed by atoms with Gasteiger partial charge in [0.25, 0.3) is 0 Å². The molecule has 4 nitrogen and oxygen atoms in total. The first-order valence-corrected chi connectivity index (χ1v) is 6.71. The van der Waals surface area contributed by atoms with E-state index in [0.717, 1.165) is 44.1 Å². The van der Waals surface area contributed by atoms with E-state index in [9.17, 15) is 0 Å². The van der Waals surface area contributed by atoms with Crippen LogP contribution in [0.25, 0.3) is 0 Å². The van der Waals surface area contributed by atoms with E-state index in [1.54, 1.807) is 0 Å². The van der Waals surface area contributed by atoms with Crippen LogP contribution in [-0.2, 0) is 11.2 Å². The molecular weight excluding hydrogens is 216 g/mol. The molecule has 0 radical (unpaired) electrons. The Bertz CT molecular complexity index is 352. The summed E-state index contributed by atoms with van der Waals surface area (Å²) in [4.78, 5) is 4.37. The Morgan fingerprint density at radius 3 is 3.06 bits per heavy atom. The average molecular weight is 236 g/mol. The van der Waals surface area contributed by atoms with E-state index in [2.05, 4.69) is 10.3 Å². The van der Waals surface area contributed by atoms with Crippen molar-refractivity contribution < 1.29 is 9.15 Å². The molecule has 0 spiro atoms. The maximum absolute atomic E-state index is 5.79. The number of hydrogen-bond acceptors (Lipinski definition) is 4. The summed E-state index contributed by atoms with van der Waals surface area (Å²) in [5.41, 5.74) is 0. The van der Waals surface area contributed by atoms with Gasteiger partial charge >= 0.3 is 0 Å². The molecule has 0 aromatic carbocycles. The number of oxazole rings is 1. The quantitative estimate of drug-likeness (QED) is 0.874. The number of ether oxygens (including phenoxy) is 1. The van der Waals surface area contributed by atoms with Crippen molar-refractivity contribution in [2.45, 2.75) is 50.7 Å². The molecule has 1 aromatic heterocycles. The van der Waals surface area contributed by atoms with Gasteiger partial charge in [-0.2, -0.15) is 0 Å². The van der Waals surface area contributed by atoms with Crippen LogP contribution in [0.2, 0.25) is 0 Å². The average Bonchev–Trinajstić information content (AvgIpc) is 3.00. The third-order valence-corrected chi connectivity index (χ3v) is 3.65. The fraction of sp³-hybridized carbons (Fsp3) is 0.769. The molecule has 2 unspecified atom stereocenters. The fourth-order valence-electron chi connectivity index (χ4n) is 2.68. The van der Waals surface area contributed by atoms with Gasteiger partial charge in [0.15, 0.2) is 11.7 Å². The highest BCUT2D eigenvalue weighted by Crippen LogP contribution is 2.29. The highest BCUT2D eigenvalue weighted by molar-refractivity contribution is 5.01. The van der Waals surface area contributed by atoms with Gasteiger partial charge in [-0.3, -0.25) is 0 Å². The SMILES string of the molecule is c1nc(CC2CCCCN2)oc1C1CCCO1. The van der Waals surface area contributed by atoms with Crippen molar-refractivity contribution in [3.63, 3.8) is 0 Å². The van der Waals surface area contributed by atoms with Gasteiger partial charge in [-0.15, -0.1) is 0 Å². The van der Waals surface area contributed by atoms with Crippen LogP contribution in [0.3, 0.4) is 0 Å². The van der Waals surface area contributed by atoms with Gasteiger partial charge in [0.2, 0.25) is 0 Å². The first kappa shape index (κ1) is 11.2. The Hall–Kier alpha value is -0.870. The van der Waals surface area contributed by atoms with Crippen molar-refractivity contribution in [1.82, 2.24) is 10.3 Å². The second-order valence-electron chi connectivity index (χ2n) is 5.01. The van der Waals surface area contributed by atoms with Crippen molar-refractivity contribution in [3.05, 3.63) is 17.8 Å². The van der Waals surface area contributed by atoms with Crippen LogP contribution < -0.4 is 5.32 Å².